The van der Waals surface area contributed by atoms with E-state index in [1.165, 1.54) is 0 Å². The van der Waals surface area contributed by atoms with Gasteiger partial charge in [-0.3, -0.25) is 9.59 Å². The highest BCUT2D eigenvalue weighted by Crippen LogP contribution is 2.32. The second-order valence-corrected chi connectivity index (χ2v) is 5.48. The Morgan fingerprint density at radius 2 is 2.26 bits per heavy atom. The zero-order valence-corrected chi connectivity index (χ0v) is 11.5. The first-order chi connectivity index (χ1) is 9.08. The average molecular weight is 266 g/mol. The zero-order valence-electron chi connectivity index (χ0n) is 11.5. The summed E-state index contributed by atoms with van der Waals surface area (Å²) in [6.07, 6.45) is 2.54. The third kappa shape index (κ3) is 4.06. The summed E-state index contributed by atoms with van der Waals surface area (Å²) in [4.78, 5) is 25.5. The molecular weight excluding hydrogens is 244 g/mol. The first kappa shape index (κ1) is 14.1. The van der Waals surface area contributed by atoms with E-state index in [1.54, 1.807) is 0 Å². The molecule has 1 aliphatic carbocycles. The molecule has 1 N–H and O–H groups in total. The number of rotatable bonds is 7. The maximum Gasteiger partial charge on any atom is 0.225 e. The summed E-state index contributed by atoms with van der Waals surface area (Å²) < 4.78 is 5.31. The van der Waals surface area contributed by atoms with Crippen LogP contribution in [0.25, 0.3) is 0 Å². The molecule has 1 heterocycles. The minimum absolute atomic E-state index is 0.0320. The number of ether oxygens (including phenoxy) is 1. The van der Waals surface area contributed by atoms with Gasteiger partial charge in [0.25, 0.3) is 0 Å². The van der Waals surface area contributed by atoms with E-state index >= 15 is 0 Å². The van der Waals surface area contributed by atoms with Gasteiger partial charge in [0.05, 0.1) is 19.1 Å². The number of likely N-dealkylation sites (tertiary alicyclic amines) is 1. The van der Waals surface area contributed by atoms with Crippen molar-refractivity contribution in [3.05, 3.63) is 12.2 Å². The molecule has 19 heavy (non-hydrogen) atoms. The maximum atomic E-state index is 11.9. The smallest absolute Gasteiger partial charge is 0.225 e. The Hall–Kier alpha value is -1.36. The van der Waals surface area contributed by atoms with E-state index in [9.17, 15) is 9.59 Å². The monoisotopic (exact) mass is 266 g/mol. The summed E-state index contributed by atoms with van der Waals surface area (Å²) in [5.74, 6) is -0.0918. The molecule has 2 rings (SSSR count). The lowest BCUT2D eigenvalue weighted by Crippen LogP contribution is -2.35. The van der Waals surface area contributed by atoms with Gasteiger partial charge >= 0.3 is 0 Å². The third-order valence-corrected chi connectivity index (χ3v) is 3.41. The van der Waals surface area contributed by atoms with Gasteiger partial charge in [-0.2, -0.15) is 0 Å². The predicted molar refractivity (Wildman–Crippen MR) is 71.5 cm³/mol. The van der Waals surface area contributed by atoms with E-state index in [-0.39, 0.29) is 17.7 Å². The van der Waals surface area contributed by atoms with E-state index in [4.69, 9.17) is 4.74 Å². The fourth-order valence-corrected chi connectivity index (χ4v) is 2.28. The first-order valence-corrected chi connectivity index (χ1v) is 6.87. The number of carbonyl (C=O) groups is 2. The van der Waals surface area contributed by atoms with Crippen LogP contribution in [0.5, 0.6) is 0 Å². The summed E-state index contributed by atoms with van der Waals surface area (Å²) in [7, 11) is 0. The highest BCUT2D eigenvalue weighted by Gasteiger charge is 2.41. The van der Waals surface area contributed by atoms with Crippen LogP contribution < -0.4 is 5.32 Å². The van der Waals surface area contributed by atoms with Gasteiger partial charge in [0, 0.05) is 25.6 Å². The number of hydrogen-bond donors (Lipinski definition) is 1. The molecule has 1 atom stereocenters. The van der Waals surface area contributed by atoms with Gasteiger partial charge in [0.2, 0.25) is 11.8 Å². The molecule has 1 saturated carbocycles. The van der Waals surface area contributed by atoms with Crippen molar-refractivity contribution in [2.45, 2.75) is 32.2 Å². The number of hydrogen-bond acceptors (Lipinski definition) is 3. The van der Waals surface area contributed by atoms with Crippen molar-refractivity contribution >= 4 is 11.8 Å². The Labute approximate surface area is 114 Å². The molecule has 0 radical (unpaired) electrons. The third-order valence-electron chi connectivity index (χ3n) is 3.41. The summed E-state index contributed by atoms with van der Waals surface area (Å²) in [6.45, 7) is 7.70. The molecule has 1 unspecified atom stereocenters. The number of nitrogens with zero attached hydrogens (tertiary/aromatic N) is 1. The van der Waals surface area contributed by atoms with Crippen molar-refractivity contribution in [2.75, 3.05) is 26.3 Å². The highest BCUT2D eigenvalue weighted by molar-refractivity contribution is 5.89. The van der Waals surface area contributed by atoms with Crippen molar-refractivity contribution in [3.63, 3.8) is 0 Å². The van der Waals surface area contributed by atoms with Crippen LogP contribution in [-0.2, 0) is 14.3 Å². The van der Waals surface area contributed by atoms with E-state index in [1.807, 2.05) is 11.8 Å². The molecule has 2 fully saturated rings. The molecule has 1 aliphatic heterocycles. The summed E-state index contributed by atoms with van der Waals surface area (Å²) in [5, 5.41) is 2.83. The van der Waals surface area contributed by atoms with Crippen LogP contribution >= 0.6 is 0 Å². The van der Waals surface area contributed by atoms with Gasteiger partial charge in [-0.15, -0.1) is 0 Å². The Morgan fingerprint density at radius 3 is 2.89 bits per heavy atom. The van der Waals surface area contributed by atoms with Crippen LogP contribution in [0.1, 0.15) is 26.2 Å². The largest absolute Gasteiger partial charge is 0.375 e. The lowest BCUT2D eigenvalue weighted by atomic mass is 10.1. The molecule has 0 bridgehead atoms. The SMILES string of the molecule is C=C(C)COCCNC(=O)C1CC(=O)N(C2CC2)C1. The Balaban J connectivity index is 1.63. The molecule has 0 spiro atoms. The Kier molecular flexibility index (Phi) is 4.58. The van der Waals surface area contributed by atoms with Crippen molar-refractivity contribution in [1.29, 1.82) is 0 Å². The molecule has 0 aromatic rings. The van der Waals surface area contributed by atoms with E-state index < -0.39 is 0 Å². The first-order valence-electron chi connectivity index (χ1n) is 6.87. The zero-order chi connectivity index (χ0) is 13.8. The predicted octanol–water partition coefficient (Wildman–Crippen LogP) is 0.706. The Bertz CT molecular complexity index is 377. The number of carbonyl (C=O) groups excluding carboxylic acids is 2. The fourth-order valence-electron chi connectivity index (χ4n) is 2.28. The van der Waals surface area contributed by atoms with Crippen LogP contribution in [0.2, 0.25) is 0 Å². The molecule has 2 aliphatic rings. The van der Waals surface area contributed by atoms with Crippen LogP contribution in [0.3, 0.4) is 0 Å². The van der Waals surface area contributed by atoms with Gasteiger partial charge in [-0.25, -0.2) is 0 Å². The van der Waals surface area contributed by atoms with Gasteiger partial charge < -0.3 is 15.0 Å². The van der Waals surface area contributed by atoms with Gasteiger partial charge in [-0.1, -0.05) is 12.2 Å². The summed E-state index contributed by atoms with van der Waals surface area (Å²) in [5.41, 5.74) is 0.966. The number of nitrogens with one attached hydrogen (secondary N) is 1. The van der Waals surface area contributed by atoms with Gasteiger partial charge in [0.1, 0.15) is 0 Å². The molecular formula is C14H22N2O3. The standard InChI is InChI=1S/C14H22N2O3/c1-10(2)9-19-6-5-15-14(18)11-7-13(17)16(8-11)12-3-4-12/h11-12H,1,3-9H2,2H3,(H,15,18). The molecule has 0 aromatic heterocycles. The Morgan fingerprint density at radius 1 is 1.53 bits per heavy atom. The molecule has 106 valence electrons. The second-order valence-electron chi connectivity index (χ2n) is 5.48. The van der Waals surface area contributed by atoms with Crippen molar-refractivity contribution in [2.24, 2.45) is 5.92 Å². The fraction of sp³-hybridized carbons (Fsp3) is 0.714. The van der Waals surface area contributed by atoms with Crippen LogP contribution in [0, 0.1) is 5.92 Å². The highest BCUT2D eigenvalue weighted by atomic mass is 16.5. The molecule has 5 nitrogen and oxygen atoms in total. The van der Waals surface area contributed by atoms with Crippen molar-refractivity contribution < 1.29 is 14.3 Å². The summed E-state index contributed by atoms with van der Waals surface area (Å²) >= 11 is 0. The maximum absolute atomic E-state index is 11.9. The van der Waals surface area contributed by atoms with E-state index in [0.29, 0.717) is 38.8 Å². The number of amides is 2. The van der Waals surface area contributed by atoms with Crippen LogP contribution in [0.4, 0.5) is 0 Å². The molecule has 2 amide bonds. The lowest BCUT2D eigenvalue weighted by molar-refractivity contribution is -0.129. The second kappa shape index (κ2) is 6.19. The van der Waals surface area contributed by atoms with E-state index in [2.05, 4.69) is 11.9 Å². The van der Waals surface area contributed by atoms with Gasteiger partial charge in [-0.05, 0) is 19.8 Å². The van der Waals surface area contributed by atoms with Crippen molar-refractivity contribution in [1.82, 2.24) is 10.2 Å². The summed E-state index contributed by atoms with van der Waals surface area (Å²) in [6, 6.07) is 0.407. The molecule has 5 heteroatoms. The normalized spacial score (nSPS) is 22.7. The molecule has 1 saturated heterocycles. The van der Waals surface area contributed by atoms with Crippen LogP contribution in [0.15, 0.2) is 12.2 Å². The van der Waals surface area contributed by atoms with Crippen molar-refractivity contribution in [3.8, 4) is 0 Å². The minimum Gasteiger partial charge on any atom is -0.375 e. The van der Waals surface area contributed by atoms with Crippen LogP contribution in [-0.4, -0.2) is 49.1 Å². The average Bonchev–Trinajstić information content (AvgIpc) is 3.11. The quantitative estimate of drug-likeness (QED) is 0.545. The topological polar surface area (TPSA) is 58.6 Å². The molecule has 0 aromatic carbocycles. The minimum atomic E-state index is -0.186. The lowest BCUT2D eigenvalue weighted by Gasteiger charge is -2.15. The van der Waals surface area contributed by atoms with E-state index in [0.717, 1.165) is 18.4 Å². The van der Waals surface area contributed by atoms with Gasteiger partial charge in [0.15, 0.2) is 0 Å².